The highest BCUT2D eigenvalue weighted by Gasteiger charge is 2.53. The van der Waals surface area contributed by atoms with Gasteiger partial charge >= 0.3 is 6.18 Å². The average molecular weight is 567 g/mol. The number of pyridine rings is 1. The van der Waals surface area contributed by atoms with Crippen LogP contribution >= 0.6 is 0 Å². The molecule has 0 bridgehead atoms. The summed E-state index contributed by atoms with van der Waals surface area (Å²) in [5.74, 6) is -1.58. The first-order valence-corrected chi connectivity index (χ1v) is 14.1. The molecule has 39 heavy (non-hydrogen) atoms. The topological polar surface area (TPSA) is 117 Å². The van der Waals surface area contributed by atoms with Crippen LogP contribution in [0.4, 0.5) is 13.2 Å². The Bertz CT molecular complexity index is 1320. The van der Waals surface area contributed by atoms with Crippen LogP contribution in [0.15, 0.2) is 48.7 Å². The van der Waals surface area contributed by atoms with E-state index in [1.54, 1.807) is 18.2 Å². The molecule has 2 amide bonds. The first kappa shape index (κ1) is 28.7. The normalized spacial score (nSPS) is 20.6. The molecule has 0 spiro atoms. The molecule has 9 nitrogen and oxygen atoms in total. The van der Waals surface area contributed by atoms with E-state index in [2.05, 4.69) is 10.3 Å². The molecule has 2 aliphatic heterocycles. The summed E-state index contributed by atoms with van der Waals surface area (Å²) < 4.78 is 65.3. The van der Waals surface area contributed by atoms with Crippen molar-refractivity contribution in [2.75, 3.05) is 19.6 Å². The zero-order valence-corrected chi connectivity index (χ0v) is 22.0. The Morgan fingerprint density at radius 2 is 1.87 bits per heavy atom. The largest absolute Gasteiger partial charge is 0.416 e. The van der Waals surface area contributed by atoms with Crippen molar-refractivity contribution in [3.63, 3.8) is 0 Å². The lowest BCUT2D eigenvalue weighted by atomic mass is 10.0. The number of hydrogen-bond acceptors (Lipinski definition) is 6. The van der Waals surface area contributed by atoms with Crippen molar-refractivity contribution in [2.24, 2.45) is 5.92 Å². The van der Waals surface area contributed by atoms with E-state index in [0.29, 0.717) is 18.5 Å². The van der Waals surface area contributed by atoms with Gasteiger partial charge in [-0.3, -0.25) is 19.4 Å². The van der Waals surface area contributed by atoms with Gasteiger partial charge in [0.05, 0.1) is 23.8 Å². The van der Waals surface area contributed by atoms with E-state index < -0.39 is 39.8 Å². The lowest BCUT2D eigenvalue weighted by molar-refractivity contribution is -0.137. The number of carbonyl (C=O) groups excluding carboxylic acids is 3. The number of nitrogens with one attached hydrogen (secondary N) is 1. The van der Waals surface area contributed by atoms with Crippen LogP contribution in [0, 0.1) is 5.92 Å². The van der Waals surface area contributed by atoms with Crippen LogP contribution in [0.5, 0.6) is 0 Å². The maximum Gasteiger partial charge on any atom is 0.416 e. The van der Waals surface area contributed by atoms with Gasteiger partial charge in [-0.2, -0.15) is 17.5 Å². The van der Waals surface area contributed by atoms with Crippen molar-refractivity contribution in [1.82, 2.24) is 19.5 Å². The second kappa shape index (κ2) is 11.4. The number of benzene rings is 1. The first-order valence-electron chi connectivity index (χ1n) is 12.5. The third kappa shape index (κ3) is 6.64. The van der Waals surface area contributed by atoms with Crippen LogP contribution in [0.2, 0.25) is 0 Å². The summed E-state index contributed by atoms with van der Waals surface area (Å²) in [6.45, 7) is 2.02. The molecule has 13 heteroatoms. The Labute approximate surface area is 224 Å². The third-order valence-electron chi connectivity index (χ3n) is 7.03. The summed E-state index contributed by atoms with van der Waals surface area (Å²) in [5, 5.41) is 2.64. The van der Waals surface area contributed by atoms with Crippen LogP contribution < -0.4 is 5.32 Å². The SMILES string of the molecule is CC(CCNC(=O)c1ccc(C(F)(F)F)cc1)CC(=O)N1CCC2C1C(=O)CN2S(=O)(=O)Cc1ccccn1. The first-order chi connectivity index (χ1) is 18.4. The Morgan fingerprint density at radius 1 is 1.15 bits per heavy atom. The molecule has 0 saturated carbocycles. The number of fused-ring (bicyclic) bond motifs is 1. The predicted molar refractivity (Wildman–Crippen MR) is 135 cm³/mol. The van der Waals surface area contributed by atoms with Crippen LogP contribution in [0.25, 0.3) is 0 Å². The summed E-state index contributed by atoms with van der Waals surface area (Å²) in [4.78, 5) is 43.6. The number of likely N-dealkylation sites (tertiary alicyclic amines) is 1. The summed E-state index contributed by atoms with van der Waals surface area (Å²) in [6, 6.07) is 7.44. The Morgan fingerprint density at radius 3 is 2.51 bits per heavy atom. The van der Waals surface area contributed by atoms with Gasteiger partial charge in [-0.25, -0.2) is 8.42 Å². The Hall–Kier alpha value is -3.32. The molecule has 1 N–H and O–H groups in total. The van der Waals surface area contributed by atoms with Crippen molar-refractivity contribution in [1.29, 1.82) is 0 Å². The fourth-order valence-electron chi connectivity index (χ4n) is 5.03. The van der Waals surface area contributed by atoms with E-state index in [1.807, 2.05) is 6.92 Å². The molecule has 3 heterocycles. The minimum absolute atomic E-state index is 0.0946. The van der Waals surface area contributed by atoms with Gasteiger partial charge < -0.3 is 10.2 Å². The van der Waals surface area contributed by atoms with Crippen LogP contribution in [-0.4, -0.2) is 71.9 Å². The number of nitrogens with zero attached hydrogens (tertiary/aromatic N) is 3. The minimum atomic E-state index is -4.48. The van der Waals surface area contributed by atoms with E-state index in [4.69, 9.17) is 0 Å². The Balaban J connectivity index is 1.27. The van der Waals surface area contributed by atoms with Gasteiger partial charge in [0, 0.05) is 31.3 Å². The smallest absolute Gasteiger partial charge is 0.352 e. The number of sulfonamides is 1. The third-order valence-corrected chi connectivity index (χ3v) is 8.81. The summed E-state index contributed by atoms with van der Waals surface area (Å²) in [5.41, 5.74) is -0.374. The molecular formula is C26H29F3N4O5S. The highest BCUT2D eigenvalue weighted by molar-refractivity contribution is 7.88. The van der Waals surface area contributed by atoms with E-state index in [-0.39, 0.29) is 55.0 Å². The Kier molecular flexibility index (Phi) is 8.40. The van der Waals surface area contributed by atoms with E-state index >= 15 is 0 Å². The van der Waals surface area contributed by atoms with E-state index in [9.17, 15) is 36.0 Å². The van der Waals surface area contributed by atoms with Crippen LogP contribution in [0.1, 0.15) is 47.8 Å². The fraction of sp³-hybridized carbons (Fsp3) is 0.462. The van der Waals surface area contributed by atoms with Gasteiger partial charge in [-0.15, -0.1) is 0 Å². The highest BCUT2D eigenvalue weighted by atomic mass is 32.2. The monoisotopic (exact) mass is 566 g/mol. The molecule has 0 radical (unpaired) electrons. The molecule has 3 atom stereocenters. The van der Waals surface area contributed by atoms with Gasteiger partial charge in [0.2, 0.25) is 15.9 Å². The maximum atomic E-state index is 13.0. The van der Waals surface area contributed by atoms with E-state index in [0.717, 1.165) is 24.3 Å². The van der Waals surface area contributed by atoms with Crippen LogP contribution in [0.3, 0.4) is 0 Å². The second-order valence-corrected chi connectivity index (χ2v) is 11.8. The summed E-state index contributed by atoms with van der Waals surface area (Å²) in [7, 11) is -3.81. The molecule has 2 aliphatic rings. The lowest BCUT2D eigenvalue weighted by Crippen LogP contribution is -2.44. The minimum Gasteiger partial charge on any atom is -0.352 e. The van der Waals surface area contributed by atoms with Crippen molar-refractivity contribution in [3.8, 4) is 0 Å². The standard InChI is InChI=1S/C26H29F3N4O5S/c1-17(9-12-31-25(36)18-5-7-19(8-6-18)26(27,28)29)14-23(35)32-13-10-21-24(32)22(34)15-33(21)39(37,38)16-20-4-2-3-11-30-20/h2-8,11,17,21,24H,9-10,12-16H2,1H3,(H,31,36). The second-order valence-electron chi connectivity index (χ2n) is 9.91. The zero-order chi connectivity index (χ0) is 28.4. The van der Waals surface area contributed by atoms with Gasteiger partial charge in [0.25, 0.3) is 5.91 Å². The number of halogens is 3. The molecule has 2 fully saturated rings. The van der Waals surface area contributed by atoms with Gasteiger partial charge in [0.15, 0.2) is 5.78 Å². The number of carbonyl (C=O) groups is 3. The number of ketones is 1. The van der Waals surface area contributed by atoms with Gasteiger partial charge in [-0.05, 0) is 55.2 Å². The number of aromatic nitrogens is 1. The summed E-state index contributed by atoms with van der Waals surface area (Å²) in [6.07, 6.45) is -2.09. The van der Waals surface area contributed by atoms with Crippen molar-refractivity contribution in [2.45, 2.75) is 50.2 Å². The number of amides is 2. The molecule has 1 aromatic heterocycles. The molecular weight excluding hydrogens is 537 g/mol. The molecule has 1 aromatic carbocycles. The predicted octanol–water partition coefficient (Wildman–Crippen LogP) is 2.63. The summed E-state index contributed by atoms with van der Waals surface area (Å²) >= 11 is 0. The zero-order valence-electron chi connectivity index (χ0n) is 21.2. The maximum absolute atomic E-state index is 13.0. The molecule has 2 aromatic rings. The van der Waals surface area contributed by atoms with E-state index in [1.165, 1.54) is 15.4 Å². The number of Topliss-reactive ketones (excluding diaryl/α,β-unsaturated/α-hetero) is 1. The lowest BCUT2D eigenvalue weighted by Gasteiger charge is -2.25. The molecule has 0 aliphatic carbocycles. The van der Waals surface area contributed by atoms with Crippen molar-refractivity contribution < 1.29 is 36.0 Å². The molecule has 210 valence electrons. The number of rotatable bonds is 9. The molecule has 4 rings (SSSR count). The number of hydrogen-bond donors (Lipinski definition) is 1. The average Bonchev–Trinajstić information content (AvgIpc) is 3.45. The van der Waals surface area contributed by atoms with Gasteiger partial charge in [-0.1, -0.05) is 13.0 Å². The molecule has 3 unspecified atom stereocenters. The van der Waals surface area contributed by atoms with Crippen LogP contribution in [-0.2, 0) is 31.5 Å². The number of alkyl halides is 3. The fourth-order valence-corrected chi connectivity index (χ4v) is 6.70. The van der Waals surface area contributed by atoms with Crippen molar-refractivity contribution >= 4 is 27.6 Å². The van der Waals surface area contributed by atoms with Gasteiger partial charge in [0.1, 0.15) is 11.8 Å². The highest BCUT2D eigenvalue weighted by Crippen LogP contribution is 2.33. The quantitative estimate of drug-likeness (QED) is 0.499. The van der Waals surface area contributed by atoms with Crippen molar-refractivity contribution in [3.05, 3.63) is 65.5 Å². The molecule has 2 saturated heterocycles.